The highest BCUT2D eigenvalue weighted by molar-refractivity contribution is 6.30. The van der Waals surface area contributed by atoms with Gasteiger partial charge in [0.1, 0.15) is 11.5 Å². The molecular weight excluding hydrogens is 484 g/mol. The van der Waals surface area contributed by atoms with Crippen LogP contribution in [0.15, 0.2) is 30.7 Å². The van der Waals surface area contributed by atoms with Crippen molar-refractivity contribution in [1.82, 2.24) is 24.8 Å². The molecule has 0 radical (unpaired) electrons. The number of carbonyl (C=O) groups excluding carboxylic acids is 2. The standard InChI is InChI=1S/C17H17ClN6O3.C4H6O4/c1-22-6-8-23(9-7-22)17(26)27-16-14-13(19-4-5-20-14)15(25)24(16)12-3-2-11(18)10-21-12;5-3(6)1-2-4(7)8/h2-5,10,16H,6-9H2,1H3;1-2H2,(H,5,6)(H,7,8)/t16-;/m0./s1. The summed E-state index contributed by atoms with van der Waals surface area (Å²) in [5.41, 5.74) is 0.437. The third-order valence-electron chi connectivity index (χ3n) is 5.10. The van der Waals surface area contributed by atoms with Crippen LogP contribution in [0.5, 0.6) is 0 Å². The summed E-state index contributed by atoms with van der Waals surface area (Å²) in [6.07, 6.45) is 2.19. The Kier molecular flexibility index (Phi) is 8.49. The molecule has 1 atom stereocenters. The molecule has 0 bridgehead atoms. The van der Waals surface area contributed by atoms with Crippen LogP contribution in [0, 0.1) is 0 Å². The number of ether oxygens (including phenoxy) is 1. The Labute approximate surface area is 204 Å². The predicted molar refractivity (Wildman–Crippen MR) is 121 cm³/mol. The predicted octanol–water partition coefficient (Wildman–Crippen LogP) is 1.50. The maximum Gasteiger partial charge on any atom is 0.412 e. The molecule has 2 aromatic heterocycles. The average Bonchev–Trinajstić information content (AvgIpc) is 3.11. The molecule has 14 heteroatoms. The number of piperazine rings is 1. The molecule has 1 saturated heterocycles. The van der Waals surface area contributed by atoms with Gasteiger partial charge < -0.3 is 24.7 Å². The van der Waals surface area contributed by atoms with Gasteiger partial charge in [-0.25, -0.2) is 19.7 Å². The lowest BCUT2D eigenvalue weighted by Crippen LogP contribution is -2.48. The highest BCUT2D eigenvalue weighted by atomic mass is 35.5. The van der Waals surface area contributed by atoms with Crippen LogP contribution in [0.3, 0.4) is 0 Å². The molecule has 0 aliphatic carbocycles. The fourth-order valence-corrected chi connectivity index (χ4v) is 3.37. The van der Waals surface area contributed by atoms with E-state index in [1.165, 1.54) is 23.5 Å². The maximum atomic E-state index is 12.8. The van der Waals surface area contributed by atoms with Gasteiger partial charge in [-0.15, -0.1) is 0 Å². The summed E-state index contributed by atoms with van der Waals surface area (Å²) in [5, 5.41) is 16.2. The van der Waals surface area contributed by atoms with E-state index in [-0.39, 0.29) is 18.5 Å². The van der Waals surface area contributed by atoms with E-state index in [1.807, 2.05) is 7.05 Å². The Morgan fingerprint density at radius 1 is 1.03 bits per heavy atom. The molecule has 0 aromatic carbocycles. The Bertz CT molecular complexity index is 1080. The van der Waals surface area contributed by atoms with E-state index in [9.17, 15) is 19.2 Å². The highest BCUT2D eigenvalue weighted by Gasteiger charge is 2.44. The summed E-state index contributed by atoms with van der Waals surface area (Å²) in [7, 11) is 2.00. The van der Waals surface area contributed by atoms with E-state index < -0.39 is 30.2 Å². The van der Waals surface area contributed by atoms with E-state index in [2.05, 4.69) is 19.9 Å². The maximum absolute atomic E-state index is 12.8. The first-order chi connectivity index (χ1) is 16.7. The number of fused-ring (bicyclic) bond motifs is 1. The van der Waals surface area contributed by atoms with Crippen LogP contribution in [0.2, 0.25) is 5.02 Å². The van der Waals surface area contributed by atoms with Crippen molar-refractivity contribution in [3.63, 3.8) is 0 Å². The lowest BCUT2D eigenvalue weighted by molar-refractivity contribution is -0.143. The molecule has 4 heterocycles. The van der Waals surface area contributed by atoms with Crippen LogP contribution in [0.25, 0.3) is 0 Å². The molecule has 0 spiro atoms. The summed E-state index contributed by atoms with van der Waals surface area (Å²) >= 11 is 5.89. The quantitative estimate of drug-likeness (QED) is 0.603. The van der Waals surface area contributed by atoms with Crippen molar-refractivity contribution in [2.45, 2.75) is 19.1 Å². The van der Waals surface area contributed by atoms with Crippen molar-refractivity contribution in [3.8, 4) is 0 Å². The molecule has 186 valence electrons. The molecule has 2 aliphatic heterocycles. The summed E-state index contributed by atoms with van der Waals surface area (Å²) in [6.45, 7) is 2.64. The number of rotatable bonds is 5. The van der Waals surface area contributed by atoms with Crippen molar-refractivity contribution >= 4 is 41.4 Å². The van der Waals surface area contributed by atoms with Crippen LogP contribution in [-0.2, 0) is 14.3 Å². The second-order valence-corrected chi connectivity index (χ2v) is 8.05. The molecule has 0 unspecified atom stereocenters. The van der Waals surface area contributed by atoms with Crippen LogP contribution < -0.4 is 4.90 Å². The minimum atomic E-state index is -1.08. The Morgan fingerprint density at radius 2 is 1.66 bits per heavy atom. The van der Waals surface area contributed by atoms with Crippen molar-refractivity contribution < 1.29 is 34.1 Å². The summed E-state index contributed by atoms with van der Waals surface area (Å²) in [6, 6.07) is 3.20. The van der Waals surface area contributed by atoms with Gasteiger partial charge in [-0.05, 0) is 19.2 Å². The van der Waals surface area contributed by atoms with E-state index in [0.29, 0.717) is 29.6 Å². The first-order valence-electron chi connectivity index (χ1n) is 10.5. The first kappa shape index (κ1) is 25.8. The van der Waals surface area contributed by atoms with E-state index in [4.69, 9.17) is 26.6 Å². The zero-order valence-corrected chi connectivity index (χ0v) is 19.5. The van der Waals surface area contributed by atoms with E-state index >= 15 is 0 Å². The van der Waals surface area contributed by atoms with Gasteiger partial charge >= 0.3 is 18.0 Å². The van der Waals surface area contributed by atoms with Gasteiger partial charge in [0.2, 0.25) is 6.23 Å². The van der Waals surface area contributed by atoms with Crippen LogP contribution in [0.4, 0.5) is 10.6 Å². The molecule has 2 N–H and O–H groups in total. The van der Waals surface area contributed by atoms with Gasteiger partial charge in [0.25, 0.3) is 5.91 Å². The Balaban J connectivity index is 0.000000371. The van der Waals surface area contributed by atoms with E-state index in [1.54, 1.807) is 17.0 Å². The Morgan fingerprint density at radius 3 is 2.23 bits per heavy atom. The topological polar surface area (TPSA) is 166 Å². The van der Waals surface area contributed by atoms with Gasteiger partial charge in [-0.2, -0.15) is 0 Å². The number of hydrogen-bond donors (Lipinski definition) is 2. The number of halogens is 1. The number of carboxylic acid groups (broad SMARTS) is 2. The lowest BCUT2D eigenvalue weighted by atomic mass is 10.3. The highest BCUT2D eigenvalue weighted by Crippen LogP contribution is 2.35. The minimum absolute atomic E-state index is 0.144. The number of carboxylic acids is 2. The van der Waals surface area contributed by atoms with Crippen molar-refractivity contribution in [2.75, 3.05) is 38.1 Å². The number of nitrogens with zero attached hydrogens (tertiary/aromatic N) is 6. The Hall–Kier alpha value is -3.84. The fourth-order valence-electron chi connectivity index (χ4n) is 3.25. The summed E-state index contributed by atoms with van der Waals surface area (Å²) in [4.78, 5) is 62.3. The normalized spacial score (nSPS) is 17.3. The molecule has 1 fully saturated rings. The zero-order valence-electron chi connectivity index (χ0n) is 18.7. The number of carbonyl (C=O) groups is 4. The summed E-state index contributed by atoms with van der Waals surface area (Å²) < 4.78 is 5.68. The van der Waals surface area contributed by atoms with Gasteiger partial charge in [0.05, 0.1) is 17.9 Å². The second-order valence-electron chi connectivity index (χ2n) is 7.61. The number of likely N-dealkylation sites (N-methyl/N-ethyl adjacent to an activating group) is 1. The monoisotopic (exact) mass is 506 g/mol. The third kappa shape index (κ3) is 6.61. The van der Waals surface area contributed by atoms with Crippen molar-refractivity contribution in [3.05, 3.63) is 47.1 Å². The molecule has 35 heavy (non-hydrogen) atoms. The largest absolute Gasteiger partial charge is 0.481 e. The number of aromatic nitrogens is 3. The molecule has 13 nitrogen and oxygen atoms in total. The van der Waals surface area contributed by atoms with Gasteiger partial charge in [-0.1, -0.05) is 11.6 Å². The SMILES string of the molecule is CN1CCN(C(=O)O[C@H]2c3nccnc3C(=O)N2c2ccc(Cl)cn2)CC1.O=C(O)CCC(=O)O. The molecule has 0 saturated carbocycles. The van der Waals surface area contributed by atoms with Crippen LogP contribution in [-0.4, -0.2) is 92.1 Å². The lowest BCUT2D eigenvalue weighted by Gasteiger charge is -2.33. The molecule has 2 amide bonds. The zero-order chi connectivity index (χ0) is 25.5. The number of aliphatic carboxylic acids is 2. The molecule has 4 rings (SSSR count). The van der Waals surface area contributed by atoms with Gasteiger partial charge in [0, 0.05) is 44.8 Å². The smallest absolute Gasteiger partial charge is 0.412 e. The van der Waals surface area contributed by atoms with Crippen molar-refractivity contribution in [2.24, 2.45) is 0 Å². The molecular formula is C21H23ClN6O7. The number of anilines is 1. The third-order valence-corrected chi connectivity index (χ3v) is 5.33. The van der Waals surface area contributed by atoms with Crippen LogP contribution >= 0.6 is 11.6 Å². The minimum Gasteiger partial charge on any atom is -0.481 e. The first-order valence-corrected chi connectivity index (χ1v) is 10.9. The van der Waals surface area contributed by atoms with Crippen LogP contribution in [0.1, 0.15) is 35.3 Å². The molecule has 2 aliphatic rings. The average molecular weight is 507 g/mol. The number of hydrogen-bond acceptors (Lipinski definition) is 9. The number of amides is 2. The molecule has 2 aromatic rings. The van der Waals surface area contributed by atoms with E-state index in [0.717, 1.165) is 13.1 Å². The fraction of sp³-hybridized carbons (Fsp3) is 0.381. The van der Waals surface area contributed by atoms with Crippen molar-refractivity contribution in [1.29, 1.82) is 0 Å². The second kappa shape index (κ2) is 11.5. The van der Waals surface area contributed by atoms with Gasteiger partial charge in [0.15, 0.2) is 5.69 Å². The summed E-state index contributed by atoms with van der Waals surface area (Å²) in [5.74, 6) is -2.27. The number of pyridine rings is 1. The van der Waals surface area contributed by atoms with Gasteiger partial charge in [-0.3, -0.25) is 19.4 Å².